The minimum atomic E-state index is -0.709. The average Bonchev–Trinajstić information content (AvgIpc) is 2.93. The SMILES string of the molecule is CC(NCCCC(=O)O)C1CCN(Cc2ccccc2)C1. The summed E-state index contributed by atoms with van der Waals surface area (Å²) in [6.45, 7) is 6.33. The Labute approximate surface area is 127 Å². The molecule has 1 fully saturated rings. The Hall–Kier alpha value is -1.39. The van der Waals surface area contributed by atoms with E-state index in [1.165, 1.54) is 12.0 Å². The van der Waals surface area contributed by atoms with Gasteiger partial charge in [0.15, 0.2) is 0 Å². The van der Waals surface area contributed by atoms with Gasteiger partial charge in [-0.3, -0.25) is 9.69 Å². The number of carbonyl (C=O) groups is 1. The molecule has 1 heterocycles. The smallest absolute Gasteiger partial charge is 0.303 e. The lowest BCUT2D eigenvalue weighted by molar-refractivity contribution is -0.137. The Morgan fingerprint density at radius 1 is 1.43 bits per heavy atom. The highest BCUT2D eigenvalue weighted by Crippen LogP contribution is 2.21. The molecule has 21 heavy (non-hydrogen) atoms. The van der Waals surface area contributed by atoms with Crippen LogP contribution in [0.2, 0.25) is 0 Å². The van der Waals surface area contributed by atoms with Gasteiger partial charge in [-0.05, 0) is 44.3 Å². The van der Waals surface area contributed by atoms with E-state index < -0.39 is 5.97 Å². The van der Waals surface area contributed by atoms with E-state index in [4.69, 9.17) is 5.11 Å². The summed E-state index contributed by atoms with van der Waals surface area (Å²) in [5.41, 5.74) is 1.38. The Morgan fingerprint density at radius 2 is 2.19 bits per heavy atom. The van der Waals surface area contributed by atoms with E-state index in [1.807, 2.05) is 0 Å². The van der Waals surface area contributed by atoms with Crippen LogP contribution in [0.25, 0.3) is 0 Å². The summed E-state index contributed by atoms with van der Waals surface area (Å²) in [5, 5.41) is 12.1. The van der Waals surface area contributed by atoms with Gasteiger partial charge in [-0.25, -0.2) is 0 Å². The maximum atomic E-state index is 10.5. The minimum absolute atomic E-state index is 0.254. The zero-order chi connectivity index (χ0) is 15.1. The predicted molar refractivity (Wildman–Crippen MR) is 84.2 cm³/mol. The fourth-order valence-corrected chi connectivity index (χ4v) is 2.99. The zero-order valence-corrected chi connectivity index (χ0v) is 12.8. The van der Waals surface area contributed by atoms with E-state index in [2.05, 4.69) is 47.5 Å². The third-order valence-electron chi connectivity index (χ3n) is 4.30. The molecule has 1 aliphatic rings. The molecule has 0 radical (unpaired) electrons. The maximum Gasteiger partial charge on any atom is 0.303 e. The van der Waals surface area contributed by atoms with Crippen molar-refractivity contribution in [3.05, 3.63) is 35.9 Å². The van der Waals surface area contributed by atoms with Crippen LogP contribution in [-0.2, 0) is 11.3 Å². The molecule has 0 saturated carbocycles. The van der Waals surface area contributed by atoms with E-state index in [-0.39, 0.29) is 6.42 Å². The number of nitrogens with zero attached hydrogens (tertiary/aromatic N) is 1. The number of hydrogen-bond donors (Lipinski definition) is 2. The van der Waals surface area contributed by atoms with Crippen LogP contribution in [0.15, 0.2) is 30.3 Å². The van der Waals surface area contributed by atoms with E-state index in [1.54, 1.807) is 0 Å². The second-order valence-corrected chi connectivity index (χ2v) is 6.01. The van der Waals surface area contributed by atoms with Gasteiger partial charge in [-0.2, -0.15) is 0 Å². The van der Waals surface area contributed by atoms with Gasteiger partial charge in [0, 0.05) is 25.6 Å². The molecule has 0 bridgehead atoms. The van der Waals surface area contributed by atoms with Crippen molar-refractivity contribution in [1.29, 1.82) is 0 Å². The third kappa shape index (κ3) is 5.48. The molecule has 1 aromatic rings. The number of benzene rings is 1. The standard InChI is InChI=1S/C17H26N2O2/c1-14(18-10-5-8-17(20)21)16-9-11-19(13-16)12-15-6-3-2-4-7-15/h2-4,6-7,14,16,18H,5,8-13H2,1H3,(H,20,21). The molecule has 116 valence electrons. The number of likely N-dealkylation sites (tertiary alicyclic amines) is 1. The molecule has 0 aliphatic carbocycles. The van der Waals surface area contributed by atoms with E-state index in [9.17, 15) is 4.79 Å². The summed E-state index contributed by atoms with van der Waals surface area (Å²) in [6, 6.07) is 11.1. The molecule has 1 aliphatic heterocycles. The lowest BCUT2D eigenvalue weighted by Crippen LogP contribution is -2.36. The van der Waals surface area contributed by atoms with Crippen LogP contribution in [-0.4, -0.2) is 41.7 Å². The van der Waals surface area contributed by atoms with Gasteiger partial charge in [0.2, 0.25) is 0 Å². The molecule has 2 rings (SSSR count). The second-order valence-electron chi connectivity index (χ2n) is 6.01. The highest BCUT2D eigenvalue weighted by molar-refractivity contribution is 5.66. The molecular weight excluding hydrogens is 264 g/mol. The number of carboxylic acid groups (broad SMARTS) is 1. The molecule has 0 aromatic heterocycles. The van der Waals surface area contributed by atoms with Crippen LogP contribution in [0, 0.1) is 5.92 Å². The van der Waals surface area contributed by atoms with Crippen molar-refractivity contribution in [2.24, 2.45) is 5.92 Å². The maximum absolute atomic E-state index is 10.5. The van der Waals surface area contributed by atoms with E-state index in [0.717, 1.165) is 26.2 Å². The number of carboxylic acids is 1. The van der Waals surface area contributed by atoms with Crippen molar-refractivity contribution in [2.45, 2.75) is 38.8 Å². The minimum Gasteiger partial charge on any atom is -0.481 e. The normalized spacial score (nSPS) is 20.5. The Kier molecular flexibility index (Phi) is 6.21. The first-order chi connectivity index (χ1) is 10.1. The fourth-order valence-electron chi connectivity index (χ4n) is 2.99. The van der Waals surface area contributed by atoms with Gasteiger partial charge in [0.1, 0.15) is 0 Å². The molecule has 0 amide bonds. The lowest BCUT2D eigenvalue weighted by atomic mass is 10.0. The molecule has 2 unspecified atom stereocenters. The summed E-state index contributed by atoms with van der Waals surface area (Å²) in [7, 11) is 0. The van der Waals surface area contributed by atoms with Gasteiger partial charge < -0.3 is 10.4 Å². The zero-order valence-electron chi connectivity index (χ0n) is 12.8. The van der Waals surface area contributed by atoms with Gasteiger partial charge in [0.05, 0.1) is 0 Å². The third-order valence-corrected chi connectivity index (χ3v) is 4.30. The van der Waals surface area contributed by atoms with Crippen molar-refractivity contribution in [2.75, 3.05) is 19.6 Å². The van der Waals surface area contributed by atoms with Crippen LogP contribution in [0.5, 0.6) is 0 Å². The van der Waals surface area contributed by atoms with Crippen LogP contribution in [0.1, 0.15) is 31.7 Å². The second kappa shape index (κ2) is 8.15. The number of nitrogens with one attached hydrogen (secondary N) is 1. The van der Waals surface area contributed by atoms with Crippen molar-refractivity contribution in [3.8, 4) is 0 Å². The number of aliphatic carboxylic acids is 1. The first-order valence-corrected chi connectivity index (χ1v) is 7.86. The largest absolute Gasteiger partial charge is 0.481 e. The number of hydrogen-bond acceptors (Lipinski definition) is 3. The average molecular weight is 290 g/mol. The summed E-state index contributed by atoms with van der Waals surface area (Å²) >= 11 is 0. The predicted octanol–water partition coefficient (Wildman–Crippen LogP) is 2.35. The van der Waals surface area contributed by atoms with Crippen LogP contribution >= 0.6 is 0 Å². The van der Waals surface area contributed by atoms with Crippen molar-refractivity contribution in [3.63, 3.8) is 0 Å². The Morgan fingerprint density at radius 3 is 2.90 bits per heavy atom. The molecular formula is C17H26N2O2. The first kappa shape index (κ1) is 16.0. The quantitative estimate of drug-likeness (QED) is 0.722. The van der Waals surface area contributed by atoms with E-state index >= 15 is 0 Å². The Bertz CT molecular complexity index is 436. The first-order valence-electron chi connectivity index (χ1n) is 7.86. The topological polar surface area (TPSA) is 52.6 Å². The molecule has 4 nitrogen and oxygen atoms in total. The highest BCUT2D eigenvalue weighted by Gasteiger charge is 2.26. The Balaban J connectivity index is 1.68. The van der Waals surface area contributed by atoms with Crippen LogP contribution in [0.4, 0.5) is 0 Å². The van der Waals surface area contributed by atoms with Gasteiger partial charge in [0.25, 0.3) is 0 Å². The molecule has 4 heteroatoms. The van der Waals surface area contributed by atoms with E-state index in [0.29, 0.717) is 18.4 Å². The summed E-state index contributed by atoms with van der Waals surface area (Å²) < 4.78 is 0. The summed E-state index contributed by atoms with van der Waals surface area (Å²) in [6.07, 6.45) is 2.19. The summed E-state index contributed by atoms with van der Waals surface area (Å²) in [4.78, 5) is 13.0. The number of rotatable bonds is 8. The van der Waals surface area contributed by atoms with Crippen molar-refractivity contribution in [1.82, 2.24) is 10.2 Å². The fraction of sp³-hybridized carbons (Fsp3) is 0.588. The van der Waals surface area contributed by atoms with Crippen molar-refractivity contribution < 1.29 is 9.90 Å². The molecule has 2 N–H and O–H groups in total. The van der Waals surface area contributed by atoms with Gasteiger partial charge >= 0.3 is 5.97 Å². The lowest BCUT2D eigenvalue weighted by Gasteiger charge is -2.21. The van der Waals surface area contributed by atoms with Gasteiger partial charge in [-0.1, -0.05) is 30.3 Å². The molecule has 1 aromatic carbocycles. The van der Waals surface area contributed by atoms with Crippen molar-refractivity contribution >= 4 is 5.97 Å². The molecule has 0 spiro atoms. The summed E-state index contributed by atoms with van der Waals surface area (Å²) in [5.74, 6) is -0.0436. The molecule has 1 saturated heterocycles. The van der Waals surface area contributed by atoms with Gasteiger partial charge in [-0.15, -0.1) is 0 Å². The van der Waals surface area contributed by atoms with Crippen LogP contribution in [0.3, 0.4) is 0 Å². The van der Waals surface area contributed by atoms with Crippen LogP contribution < -0.4 is 5.32 Å². The monoisotopic (exact) mass is 290 g/mol. The molecule has 2 atom stereocenters. The highest BCUT2D eigenvalue weighted by atomic mass is 16.4.